The van der Waals surface area contributed by atoms with Crippen LogP contribution in [-0.4, -0.2) is 26.3 Å². The highest BCUT2D eigenvalue weighted by Crippen LogP contribution is 2.24. The molecule has 0 fully saturated rings. The van der Waals surface area contributed by atoms with Crippen molar-refractivity contribution in [3.8, 4) is 0 Å². The maximum absolute atomic E-state index is 11.6. The lowest BCUT2D eigenvalue weighted by molar-refractivity contribution is 0.101. The second kappa shape index (κ2) is 3.97. The van der Waals surface area contributed by atoms with Crippen LogP contribution >= 0.6 is 0 Å². The average molecular weight is 253 g/mol. The quantitative estimate of drug-likeness (QED) is 0.667. The molecule has 0 bridgehead atoms. The molecular formula is C11H11NO4S. The van der Waals surface area contributed by atoms with E-state index in [2.05, 4.69) is 9.17 Å². The van der Waals surface area contributed by atoms with Crippen molar-refractivity contribution in [1.29, 1.82) is 0 Å². The largest absolute Gasteiger partial charge is 0.361 e. The van der Waals surface area contributed by atoms with Gasteiger partial charge in [-0.25, -0.2) is 0 Å². The summed E-state index contributed by atoms with van der Waals surface area (Å²) in [5, 5.41) is 0.701. The number of H-pyrrole nitrogens is 1. The molecule has 1 aromatic carbocycles. The lowest BCUT2D eigenvalue weighted by Crippen LogP contribution is -2.05. The molecule has 0 aliphatic heterocycles. The molecule has 2 aromatic rings. The average Bonchev–Trinajstić information content (AvgIpc) is 2.75. The van der Waals surface area contributed by atoms with Gasteiger partial charge < -0.3 is 4.98 Å². The minimum Gasteiger partial charge on any atom is -0.361 e. The van der Waals surface area contributed by atoms with Crippen molar-refractivity contribution in [3.63, 3.8) is 0 Å². The van der Waals surface area contributed by atoms with E-state index in [0.29, 0.717) is 16.5 Å². The van der Waals surface area contributed by atoms with Crippen molar-refractivity contribution in [2.75, 3.05) is 7.11 Å². The van der Waals surface area contributed by atoms with Gasteiger partial charge in [0.2, 0.25) is 0 Å². The zero-order valence-electron chi connectivity index (χ0n) is 9.35. The van der Waals surface area contributed by atoms with Gasteiger partial charge >= 0.3 is 0 Å². The number of aromatic nitrogens is 1. The van der Waals surface area contributed by atoms with Gasteiger partial charge in [-0.15, -0.1) is 0 Å². The molecule has 1 N–H and O–H groups in total. The van der Waals surface area contributed by atoms with Crippen molar-refractivity contribution in [1.82, 2.24) is 4.98 Å². The third-order valence-electron chi connectivity index (χ3n) is 2.53. The number of nitrogens with one attached hydrogen (secondary N) is 1. The Morgan fingerprint density at radius 3 is 2.65 bits per heavy atom. The zero-order chi connectivity index (χ0) is 12.6. The third-order valence-corrected chi connectivity index (χ3v) is 3.78. The number of aromatic amines is 1. The number of hydrogen-bond acceptors (Lipinski definition) is 4. The first-order valence-electron chi connectivity index (χ1n) is 4.88. The fraction of sp³-hybridized carbons (Fsp3) is 0.182. The lowest BCUT2D eigenvalue weighted by atomic mass is 10.1. The first-order chi connectivity index (χ1) is 7.95. The van der Waals surface area contributed by atoms with Crippen LogP contribution in [-0.2, 0) is 14.3 Å². The minimum absolute atomic E-state index is 0.0276. The van der Waals surface area contributed by atoms with Crippen molar-refractivity contribution in [2.45, 2.75) is 11.8 Å². The number of carbonyl (C=O) groups is 1. The Balaban J connectivity index is 2.81. The molecule has 17 heavy (non-hydrogen) atoms. The van der Waals surface area contributed by atoms with Crippen LogP contribution in [0, 0.1) is 0 Å². The van der Waals surface area contributed by atoms with Gasteiger partial charge in [-0.2, -0.15) is 8.42 Å². The summed E-state index contributed by atoms with van der Waals surface area (Å²) in [6.45, 7) is 1.39. The second-order valence-electron chi connectivity index (χ2n) is 3.59. The van der Waals surface area contributed by atoms with E-state index < -0.39 is 10.1 Å². The van der Waals surface area contributed by atoms with Gasteiger partial charge in [0.05, 0.1) is 12.0 Å². The molecule has 0 saturated carbocycles. The summed E-state index contributed by atoms with van der Waals surface area (Å²) in [5.41, 5.74) is 0.952. The van der Waals surface area contributed by atoms with E-state index in [1.54, 1.807) is 12.3 Å². The number of hydrogen-bond donors (Lipinski definition) is 1. The van der Waals surface area contributed by atoms with Crippen molar-refractivity contribution < 1.29 is 17.4 Å². The number of benzene rings is 1. The fourth-order valence-electron chi connectivity index (χ4n) is 1.67. The molecule has 0 atom stereocenters. The van der Waals surface area contributed by atoms with Crippen LogP contribution in [0.1, 0.15) is 17.3 Å². The number of carbonyl (C=O) groups excluding carboxylic acids is 1. The number of ketones is 1. The van der Waals surface area contributed by atoms with Gasteiger partial charge in [0.1, 0.15) is 0 Å². The van der Waals surface area contributed by atoms with E-state index in [0.717, 1.165) is 7.11 Å². The smallest absolute Gasteiger partial charge is 0.296 e. The van der Waals surface area contributed by atoms with Crippen LogP contribution < -0.4 is 0 Å². The molecule has 5 nitrogen and oxygen atoms in total. The Labute approximate surface area is 98.5 Å². The summed E-state index contributed by atoms with van der Waals surface area (Å²) < 4.78 is 27.6. The lowest BCUT2D eigenvalue weighted by Gasteiger charge is -2.05. The molecule has 1 aromatic heterocycles. The van der Waals surface area contributed by atoms with Crippen LogP contribution in [0.3, 0.4) is 0 Å². The molecule has 2 rings (SSSR count). The summed E-state index contributed by atoms with van der Waals surface area (Å²) in [6, 6.07) is 4.51. The maximum atomic E-state index is 11.6. The molecule has 0 amide bonds. The van der Waals surface area contributed by atoms with Crippen LogP contribution in [0.15, 0.2) is 29.3 Å². The summed E-state index contributed by atoms with van der Waals surface area (Å²) in [5.74, 6) is -0.192. The van der Waals surface area contributed by atoms with Gasteiger partial charge in [0.25, 0.3) is 10.1 Å². The van der Waals surface area contributed by atoms with Crippen LogP contribution in [0.25, 0.3) is 10.9 Å². The van der Waals surface area contributed by atoms with Crippen molar-refractivity contribution >= 4 is 26.8 Å². The van der Waals surface area contributed by atoms with Crippen LogP contribution in [0.5, 0.6) is 0 Å². The summed E-state index contributed by atoms with van der Waals surface area (Å²) >= 11 is 0. The number of Topliss-reactive ketones (excluding diaryl/α,β-unsaturated/α-hetero) is 1. The maximum Gasteiger partial charge on any atom is 0.296 e. The Kier molecular flexibility index (Phi) is 2.76. The van der Waals surface area contributed by atoms with Gasteiger partial charge in [-0.3, -0.25) is 8.98 Å². The van der Waals surface area contributed by atoms with Gasteiger partial charge in [0, 0.05) is 22.7 Å². The van der Waals surface area contributed by atoms with E-state index in [9.17, 15) is 13.2 Å². The van der Waals surface area contributed by atoms with Crippen LogP contribution in [0.4, 0.5) is 0 Å². The Bertz CT molecular complexity index is 685. The predicted octanol–water partition coefficient (Wildman–Crippen LogP) is 1.71. The third kappa shape index (κ3) is 1.96. The highest BCUT2D eigenvalue weighted by molar-refractivity contribution is 7.86. The minimum atomic E-state index is -3.80. The highest BCUT2D eigenvalue weighted by Gasteiger charge is 2.17. The fourth-order valence-corrected chi connectivity index (χ4v) is 2.39. The molecule has 0 aliphatic carbocycles. The summed E-state index contributed by atoms with van der Waals surface area (Å²) in [6.07, 6.45) is 1.65. The molecule has 0 spiro atoms. The van der Waals surface area contributed by atoms with E-state index in [-0.39, 0.29) is 10.7 Å². The van der Waals surface area contributed by atoms with E-state index in [1.807, 2.05) is 0 Å². The summed E-state index contributed by atoms with van der Waals surface area (Å²) in [4.78, 5) is 14.3. The first-order valence-corrected chi connectivity index (χ1v) is 6.29. The molecule has 0 aliphatic rings. The van der Waals surface area contributed by atoms with E-state index >= 15 is 0 Å². The van der Waals surface area contributed by atoms with E-state index in [1.165, 1.54) is 19.1 Å². The number of fused-ring (bicyclic) bond motifs is 1. The summed E-state index contributed by atoms with van der Waals surface area (Å²) in [7, 11) is -2.71. The molecule has 0 saturated heterocycles. The second-order valence-corrected chi connectivity index (χ2v) is 5.30. The monoisotopic (exact) mass is 253 g/mol. The van der Waals surface area contributed by atoms with Crippen molar-refractivity contribution in [2.24, 2.45) is 0 Å². The standard InChI is InChI=1S/C11H11NO4S/c1-7(13)10-5-8(17(14,15)16-2)6-11-9(10)3-4-12-11/h3-6,12H,1-2H3. The van der Waals surface area contributed by atoms with Gasteiger partial charge in [0.15, 0.2) is 5.78 Å². The molecule has 6 heteroatoms. The number of rotatable bonds is 3. The molecule has 90 valence electrons. The Morgan fingerprint density at radius 1 is 1.35 bits per heavy atom. The highest BCUT2D eigenvalue weighted by atomic mass is 32.2. The topological polar surface area (TPSA) is 76.2 Å². The SMILES string of the molecule is COS(=O)(=O)c1cc(C(C)=O)c2cc[nH]c2c1. The molecule has 0 unspecified atom stereocenters. The normalized spacial score (nSPS) is 11.9. The zero-order valence-corrected chi connectivity index (χ0v) is 10.2. The predicted molar refractivity (Wildman–Crippen MR) is 62.5 cm³/mol. The Morgan fingerprint density at radius 2 is 2.06 bits per heavy atom. The van der Waals surface area contributed by atoms with Crippen LogP contribution in [0.2, 0.25) is 0 Å². The van der Waals surface area contributed by atoms with E-state index in [4.69, 9.17) is 0 Å². The molecule has 1 heterocycles. The Hall–Kier alpha value is -1.66. The van der Waals surface area contributed by atoms with Crippen molar-refractivity contribution in [3.05, 3.63) is 30.0 Å². The van der Waals surface area contributed by atoms with Gasteiger partial charge in [-0.05, 0) is 25.1 Å². The van der Waals surface area contributed by atoms with Gasteiger partial charge in [-0.1, -0.05) is 0 Å². The molecule has 0 radical (unpaired) electrons. The molecular weight excluding hydrogens is 242 g/mol. The first kappa shape index (κ1) is 11.8.